The second kappa shape index (κ2) is 6.99. The Kier molecular flexibility index (Phi) is 5.63. The van der Waals surface area contributed by atoms with Crippen LogP contribution in [0.2, 0.25) is 0 Å². The zero-order valence-corrected chi connectivity index (χ0v) is 11.5. The van der Waals surface area contributed by atoms with Gasteiger partial charge in [-0.05, 0) is 13.0 Å². The number of aryl methyl sites for hydroxylation is 1. The molecule has 0 unspecified atom stereocenters. The maximum atomic E-state index is 12.3. The minimum absolute atomic E-state index is 0. The normalized spacial score (nSPS) is 10.0. The number of hydrogen-bond donors (Lipinski definition) is 2. The Balaban J connectivity index is 0.00000180. The number of nitrogens with zero attached hydrogens (tertiary/aromatic N) is 2. The molecule has 4 nitrogen and oxygen atoms in total. The van der Waals surface area contributed by atoms with Crippen LogP contribution in [0.1, 0.15) is 11.3 Å². The molecule has 0 radical (unpaired) electrons. The number of phenols is 1. The van der Waals surface area contributed by atoms with Gasteiger partial charge in [0, 0.05) is 12.1 Å². The third-order valence-corrected chi connectivity index (χ3v) is 2.86. The van der Waals surface area contributed by atoms with Gasteiger partial charge in [-0.2, -0.15) is 5.10 Å². The Hall–Kier alpha value is -1.75. The molecule has 0 spiro atoms. The van der Waals surface area contributed by atoms with Crippen molar-refractivity contribution in [3.8, 4) is 5.75 Å². The number of rotatable bonds is 5. The van der Waals surface area contributed by atoms with E-state index in [1.807, 2.05) is 19.1 Å². The van der Waals surface area contributed by atoms with E-state index in [1.54, 1.807) is 23.0 Å². The van der Waals surface area contributed by atoms with Gasteiger partial charge in [-0.1, -0.05) is 18.2 Å². The third kappa shape index (κ3) is 3.61. The van der Waals surface area contributed by atoms with Crippen LogP contribution in [-0.4, -0.2) is 21.6 Å². The molecule has 0 fully saturated rings. The fourth-order valence-corrected chi connectivity index (χ4v) is 1.78. The first kappa shape index (κ1) is 15.3. The molecular formula is C13H17ClFN3O. The van der Waals surface area contributed by atoms with Crippen molar-refractivity contribution in [2.45, 2.75) is 20.0 Å². The van der Waals surface area contributed by atoms with Gasteiger partial charge in [0.1, 0.15) is 12.4 Å². The topological polar surface area (TPSA) is 50.1 Å². The molecule has 104 valence electrons. The van der Waals surface area contributed by atoms with Gasteiger partial charge in [-0.15, -0.1) is 12.4 Å². The molecule has 1 heterocycles. The molecule has 19 heavy (non-hydrogen) atoms. The zero-order valence-electron chi connectivity index (χ0n) is 10.6. The van der Waals surface area contributed by atoms with Crippen molar-refractivity contribution in [2.24, 2.45) is 0 Å². The summed E-state index contributed by atoms with van der Waals surface area (Å²) in [5.74, 6) is 0.263. The lowest BCUT2D eigenvalue weighted by molar-refractivity contribution is 0.423. The van der Waals surface area contributed by atoms with Gasteiger partial charge >= 0.3 is 0 Å². The molecule has 1 aromatic heterocycles. The second-order valence-electron chi connectivity index (χ2n) is 4.04. The van der Waals surface area contributed by atoms with E-state index in [2.05, 4.69) is 10.4 Å². The largest absolute Gasteiger partial charge is 0.508 e. The van der Waals surface area contributed by atoms with Crippen LogP contribution in [0.5, 0.6) is 5.75 Å². The Morgan fingerprint density at radius 2 is 2.11 bits per heavy atom. The van der Waals surface area contributed by atoms with Crippen LogP contribution in [0.15, 0.2) is 30.5 Å². The van der Waals surface area contributed by atoms with Gasteiger partial charge in [0.2, 0.25) is 0 Å². The summed E-state index contributed by atoms with van der Waals surface area (Å²) < 4.78 is 13.9. The van der Waals surface area contributed by atoms with Crippen molar-refractivity contribution in [1.29, 1.82) is 0 Å². The van der Waals surface area contributed by atoms with Crippen LogP contribution >= 0.6 is 12.4 Å². The fraction of sp³-hybridized carbons (Fsp3) is 0.308. The van der Waals surface area contributed by atoms with Crippen molar-refractivity contribution in [3.63, 3.8) is 0 Å². The van der Waals surface area contributed by atoms with E-state index in [0.717, 1.165) is 16.9 Å². The highest BCUT2D eigenvalue weighted by molar-refractivity contribution is 5.85. The molecule has 2 N–H and O–H groups in total. The average molecular weight is 286 g/mol. The maximum Gasteiger partial charge on any atom is 0.120 e. The first-order valence-electron chi connectivity index (χ1n) is 5.81. The number of halogens is 2. The molecule has 0 saturated carbocycles. The third-order valence-electron chi connectivity index (χ3n) is 2.86. The van der Waals surface area contributed by atoms with E-state index in [-0.39, 0.29) is 24.7 Å². The van der Waals surface area contributed by atoms with Gasteiger partial charge < -0.3 is 10.4 Å². The van der Waals surface area contributed by atoms with E-state index >= 15 is 0 Å². The van der Waals surface area contributed by atoms with Crippen molar-refractivity contribution in [1.82, 2.24) is 9.78 Å². The molecule has 2 aromatic rings. The molecule has 2 rings (SSSR count). The summed E-state index contributed by atoms with van der Waals surface area (Å²) in [5.41, 5.74) is 2.56. The standard InChI is InChI=1S/C13H16FN3O.ClH/c1-10-12(9-16-17(10)7-6-14)15-8-11-4-2-3-5-13(11)18;/h2-5,9,15,18H,6-8H2,1H3;1H. The predicted octanol–water partition coefficient (Wildman–Crippen LogP) is 2.90. The molecule has 0 aliphatic rings. The number of anilines is 1. The number of aromatic hydroxyl groups is 1. The predicted molar refractivity (Wildman–Crippen MR) is 75.6 cm³/mol. The summed E-state index contributed by atoms with van der Waals surface area (Å²) in [7, 11) is 0. The van der Waals surface area contributed by atoms with Crippen LogP contribution in [-0.2, 0) is 13.1 Å². The van der Waals surface area contributed by atoms with Crippen molar-refractivity contribution >= 4 is 18.1 Å². The van der Waals surface area contributed by atoms with E-state index in [1.165, 1.54) is 0 Å². The number of hydrogen-bond acceptors (Lipinski definition) is 3. The van der Waals surface area contributed by atoms with Gasteiger partial charge in [0.25, 0.3) is 0 Å². The Labute approximate surface area is 117 Å². The van der Waals surface area contributed by atoms with Crippen molar-refractivity contribution in [3.05, 3.63) is 41.7 Å². The summed E-state index contributed by atoms with van der Waals surface area (Å²) in [6.45, 7) is 2.23. The van der Waals surface area contributed by atoms with Gasteiger partial charge in [-0.3, -0.25) is 4.68 Å². The number of benzene rings is 1. The Morgan fingerprint density at radius 3 is 2.79 bits per heavy atom. The first-order valence-corrected chi connectivity index (χ1v) is 5.81. The zero-order chi connectivity index (χ0) is 13.0. The number of aromatic nitrogens is 2. The highest BCUT2D eigenvalue weighted by Crippen LogP contribution is 2.19. The Morgan fingerprint density at radius 1 is 1.37 bits per heavy atom. The lowest BCUT2D eigenvalue weighted by Crippen LogP contribution is -2.05. The fourth-order valence-electron chi connectivity index (χ4n) is 1.78. The number of para-hydroxylation sites is 1. The highest BCUT2D eigenvalue weighted by Gasteiger charge is 2.06. The van der Waals surface area contributed by atoms with Crippen LogP contribution in [0, 0.1) is 6.92 Å². The number of nitrogens with one attached hydrogen (secondary N) is 1. The summed E-state index contributed by atoms with van der Waals surface area (Å²) in [6.07, 6.45) is 1.67. The SMILES string of the molecule is Cc1c(NCc2ccccc2O)cnn1CCF.Cl. The van der Waals surface area contributed by atoms with E-state index < -0.39 is 6.67 Å². The molecular weight excluding hydrogens is 269 g/mol. The van der Waals surface area contributed by atoms with E-state index in [4.69, 9.17) is 0 Å². The average Bonchev–Trinajstić information content (AvgIpc) is 2.71. The Bertz CT molecular complexity index is 530. The molecule has 1 aromatic carbocycles. The smallest absolute Gasteiger partial charge is 0.120 e. The molecule has 0 aliphatic carbocycles. The summed E-state index contributed by atoms with van der Waals surface area (Å²) in [5, 5.41) is 16.9. The van der Waals surface area contributed by atoms with Crippen LogP contribution in [0.25, 0.3) is 0 Å². The second-order valence-corrected chi connectivity index (χ2v) is 4.04. The maximum absolute atomic E-state index is 12.3. The monoisotopic (exact) mass is 285 g/mol. The quantitative estimate of drug-likeness (QED) is 0.888. The van der Waals surface area contributed by atoms with Crippen LogP contribution < -0.4 is 5.32 Å². The van der Waals surface area contributed by atoms with Gasteiger partial charge in [0.05, 0.1) is 24.1 Å². The number of alkyl halides is 1. The lowest BCUT2D eigenvalue weighted by atomic mass is 10.2. The molecule has 0 saturated heterocycles. The van der Waals surface area contributed by atoms with E-state index in [0.29, 0.717) is 6.54 Å². The number of phenolic OH excluding ortho intramolecular Hbond substituents is 1. The van der Waals surface area contributed by atoms with Crippen LogP contribution in [0.4, 0.5) is 10.1 Å². The molecule has 0 atom stereocenters. The minimum atomic E-state index is -0.429. The molecule has 0 aliphatic heterocycles. The highest BCUT2D eigenvalue weighted by atomic mass is 35.5. The van der Waals surface area contributed by atoms with Crippen molar-refractivity contribution in [2.75, 3.05) is 12.0 Å². The molecule has 6 heteroatoms. The molecule has 0 amide bonds. The summed E-state index contributed by atoms with van der Waals surface area (Å²) >= 11 is 0. The lowest BCUT2D eigenvalue weighted by Gasteiger charge is -2.08. The van der Waals surface area contributed by atoms with Crippen molar-refractivity contribution < 1.29 is 9.50 Å². The van der Waals surface area contributed by atoms with Gasteiger partial charge in [0.15, 0.2) is 0 Å². The van der Waals surface area contributed by atoms with Gasteiger partial charge in [-0.25, -0.2) is 4.39 Å². The first-order chi connectivity index (χ1) is 8.72. The molecule has 0 bridgehead atoms. The summed E-state index contributed by atoms with van der Waals surface area (Å²) in [6, 6.07) is 7.15. The summed E-state index contributed by atoms with van der Waals surface area (Å²) in [4.78, 5) is 0. The minimum Gasteiger partial charge on any atom is -0.508 e. The van der Waals surface area contributed by atoms with E-state index in [9.17, 15) is 9.50 Å². The van der Waals surface area contributed by atoms with Crippen LogP contribution in [0.3, 0.4) is 0 Å².